The highest BCUT2D eigenvalue weighted by Gasteiger charge is 2.27. The van der Waals surface area contributed by atoms with Crippen LogP contribution in [0.2, 0.25) is 0 Å². The third-order valence-electron chi connectivity index (χ3n) is 3.50. The van der Waals surface area contributed by atoms with Crippen molar-refractivity contribution >= 4 is 11.8 Å². The molecule has 5 nitrogen and oxygen atoms in total. The average Bonchev–Trinajstić information content (AvgIpc) is 2.65. The van der Waals surface area contributed by atoms with Gasteiger partial charge in [-0.05, 0) is 26.3 Å². The monoisotopic (exact) mass is 255 g/mol. The Bertz CT molecular complexity index is 286. The van der Waals surface area contributed by atoms with Crippen LogP contribution >= 0.6 is 0 Å². The van der Waals surface area contributed by atoms with Crippen LogP contribution < -0.4 is 5.32 Å². The molecule has 1 aliphatic heterocycles. The SMILES string of the molecule is CCCC(C)N(C)C(=O)C(=O)N1CCCNCC1. The van der Waals surface area contributed by atoms with Crippen LogP contribution in [0.5, 0.6) is 0 Å². The van der Waals surface area contributed by atoms with Crippen molar-refractivity contribution in [3.8, 4) is 0 Å². The summed E-state index contributed by atoms with van der Waals surface area (Å²) < 4.78 is 0. The lowest BCUT2D eigenvalue weighted by atomic mass is 10.1. The third-order valence-corrected chi connectivity index (χ3v) is 3.50. The van der Waals surface area contributed by atoms with Gasteiger partial charge in [-0.3, -0.25) is 9.59 Å². The standard InChI is InChI=1S/C13H25N3O2/c1-4-6-11(2)15(3)12(17)13(18)16-9-5-7-14-8-10-16/h11,14H,4-10H2,1-3H3. The van der Waals surface area contributed by atoms with Crippen molar-refractivity contribution in [2.45, 2.75) is 39.2 Å². The number of rotatable bonds is 3. The zero-order valence-corrected chi connectivity index (χ0v) is 11.7. The molecule has 0 saturated carbocycles. The fourth-order valence-corrected chi connectivity index (χ4v) is 2.15. The number of likely N-dealkylation sites (N-methyl/N-ethyl adjacent to an activating group) is 1. The maximum atomic E-state index is 12.1. The van der Waals surface area contributed by atoms with E-state index in [1.165, 1.54) is 0 Å². The molecule has 2 amide bonds. The summed E-state index contributed by atoms with van der Waals surface area (Å²) in [5, 5.41) is 3.22. The van der Waals surface area contributed by atoms with E-state index in [2.05, 4.69) is 12.2 Å². The Labute approximate surface area is 110 Å². The van der Waals surface area contributed by atoms with Crippen molar-refractivity contribution in [2.75, 3.05) is 33.2 Å². The van der Waals surface area contributed by atoms with Gasteiger partial charge in [-0.25, -0.2) is 0 Å². The van der Waals surface area contributed by atoms with Crippen LogP contribution in [0.3, 0.4) is 0 Å². The molecular weight excluding hydrogens is 230 g/mol. The zero-order valence-electron chi connectivity index (χ0n) is 11.7. The Morgan fingerprint density at radius 1 is 1.33 bits per heavy atom. The van der Waals surface area contributed by atoms with Gasteiger partial charge >= 0.3 is 11.8 Å². The summed E-state index contributed by atoms with van der Waals surface area (Å²) in [6.45, 7) is 7.05. The number of carbonyl (C=O) groups is 2. The van der Waals surface area contributed by atoms with E-state index in [0.717, 1.165) is 32.4 Å². The number of hydrogen-bond acceptors (Lipinski definition) is 3. The van der Waals surface area contributed by atoms with Crippen LogP contribution in [0.1, 0.15) is 33.1 Å². The number of amides is 2. The number of nitrogens with one attached hydrogen (secondary N) is 1. The molecule has 1 aliphatic rings. The minimum absolute atomic E-state index is 0.122. The smallest absolute Gasteiger partial charge is 0.312 e. The molecule has 0 bridgehead atoms. The van der Waals surface area contributed by atoms with Gasteiger partial charge in [0.05, 0.1) is 0 Å². The molecule has 1 rings (SSSR count). The van der Waals surface area contributed by atoms with E-state index >= 15 is 0 Å². The predicted octanol–water partition coefficient (Wildman–Crippen LogP) is 0.455. The maximum absolute atomic E-state index is 12.1. The highest BCUT2D eigenvalue weighted by Crippen LogP contribution is 2.06. The summed E-state index contributed by atoms with van der Waals surface area (Å²) in [4.78, 5) is 27.4. The first kappa shape index (κ1) is 15.0. The number of carbonyl (C=O) groups excluding carboxylic acids is 2. The minimum atomic E-state index is -0.377. The quantitative estimate of drug-likeness (QED) is 0.745. The first-order valence-electron chi connectivity index (χ1n) is 6.84. The molecule has 1 heterocycles. The first-order chi connectivity index (χ1) is 8.57. The molecule has 1 fully saturated rings. The third kappa shape index (κ3) is 3.98. The summed E-state index contributed by atoms with van der Waals surface area (Å²) in [6, 6.07) is 0.122. The van der Waals surface area contributed by atoms with Gasteiger partial charge in [-0.1, -0.05) is 13.3 Å². The lowest BCUT2D eigenvalue weighted by Gasteiger charge is -2.27. The molecule has 1 N–H and O–H groups in total. The molecule has 1 unspecified atom stereocenters. The topological polar surface area (TPSA) is 52.7 Å². The normalized spacial score (nSPS) is 18.1. The first-order valence-corrected chi connectivity index (χ1v) is 6.84. The van der Waals surface area contributed by atoms with Crippen LogP contribution in [-0.4, -0.2) is 60.9 Å². The van der Waals surface area contributed by atoms with Crippen LogP contribution in [0.25, 0.3) is 0 Å². The molecule has 0 spiro atoms. The van der Waals surface area contributed by atoms with E-state index in [1.54, 1.807) is 16.8 Å². The van der Waals surface area contributed by atoms with E-state index in [0.29, 0.717) is 13.1 Å². The summed E-state index contributed by atoms with van der Waals surface area (Å²) in [6.07, 6.45) is 2.85. The minimum Gasteiger partial charge on any atom is -0.335 e. The Kier molecular flexibility index (Phi) is 6.12. The Morgan fingerprint density at radius 2 is 2.06 bits per heavy atom. The van der Waals surface area contributed by atoms with Crippen molar-refractivity contribution in [1.82, 2.24) is 15.1 Å². The van der Waals surface area contributed by atoms with Crippen molar-refractivity contribution in [3.63, 3.8) is 0 Å². The van der Waals surface area contributed by atoms with E-state index in [1.807, 2.05) is 6.92 Å². The second-order valence-electron chi connectivity index (χ2n) is 4.95. The van der Waals surface area contributed by atoms with Crippen molar-refractivity contribution in [2.24, 2.45) is 0 Å². The molecule has 104 valence electrons. The number of hydrogen-bond donors (Lipinski definition) is 1. The second-order valence-corrected chi connectivity index (χ2v) is 4.95. The van der Waals surface area contributed by atoms with Crippen LogP contribution in [-0.2, 0) is 9.59 Å². The molecule has 0 aromatic heterocycles. The summed E-state index contributed by atoms with van der Waals surface area (Å²) in [7, 11) is 1.72. The molecule has 0 aromatic rings. The second kappa shape index (κ2) is 7.36. The Balaban J connectivity index is 2.56. The van der Waals surface area contributed by atoms with Gasteiger partial charge in [-0.15, -0.1) is 0 Å². The lowest BCUT2D eigenvalue weighted by molar-refractivity contribution is -0.152. The molecule has 18 heavy (non-hydrogen) atoms. The van der Waals surface area contributed by atoms with Gasteiger partial charge in [-0.2, -0.15) is 0 Å². The van der Waals surface area contributed by atoms with Crippen molar-refractivity contribution < 1.29 is 9.59 Å². The van der Waals surface area contributed by atoms with E-state index in [4.69, 9.17) is 0 Å². The van der Waals surface area contributed by atoms with Gasteiger partial charge in [0.15, 0.2) is 0 Å². The van der Waals surface area contributed by atoms with E-state index < -0.39 is 0 Å². The molecule has 1 saturated heterocycles. The summed E-state index contributed by atoms with van der Waals surface area (Å²) >= 11 is 0. The Morgan fingerprint density at radius 3 is 2.72 bits per heavy atom. The Hall–Kier alpha value is -1.10. The average molecular weight is 255 g/mol. The zero-order chi connectivity index (χ0) is 13.5. The fourth-order valence-electron chi connectivity index (χ4n) is 2.15. The fraction of sp³-hybridized carbons (Fsp3) is 0.846. The van der Waals surface area contributed by atoms with Crippen LogP contribution in [0.15, 0.2) is 0 Å². The summed E-state index contributed by atoms with van der Waals surface area (Å²) in [5.74, 6) is -0.734. The van der Waals surface area contributed by atoms with Gasteiger partial charge < -0.3 is 15.1 Å². The molecule has 0 aliphatic carbocycles. The van der Waals surface area contributed by atoms with Gasteiger partial charge in [0, 0.05) is 32.7 Å². The highest BCUT2D eigenvalue weighted by atomic mass is 16.2. The number of nitrogens with zero attached hydrogens (tertiary/aromatic N) is 2. The molecule has 0 aromatic carbocycles. The van der Waals surface area contributed by atoms with Gasteiger partial charge in [0.2, 0.25) is 0 Å². The van der Waals surface area contributed by atoms with Crippen molar-refractivity contribution in [3.05, 3.63) is 0 Å². The molecule has 5 heteroatoms. The molecule has 0 radical (unpaired) electrons. The van der Waals surface area contributed by atoms with Gasteiger partial charge in [0.1, 0.15) is 0 Å². The lowest BCUT2D eigenvalue weighted by Crippen LogP contribution is -2.47. The molecule has 1 atom stereocenters. The van der Waals surface area contributed by atoms with E-state index in [-0.39, 0.29) is 17.9 Å². The predicted molar refractivity (Wildman–Crippen MR) is 71.2 cm³/mol. The van der Waals surface area contributed by atoms with Gasteiger partial charge in [0.25, 0.3) is 0 Å². The highest BCUT2D eigenvalue weighted by molar-refractivity contribution is 6.34. The van der Waals surface area contributed by atoms with Crippen LogP contribution in [0.4, 0.5) is 0 Å². The largest absolute Gasteiger partial charge is 0.335 e. The van der Waals surface area contributed by atoms with Crippen molar-refractivity contribution in [1.29, 1.82) is 0 Å². The van der Waals surface area contributed by atoms with E-state index in [9.17, 15) is 9.59 Å². The summed E-state index contributed by atoms with van der Waals surface area (Å²) in [5.41, 5.74) is 0. The maximum Gasteiger partial charge on any atom is 0.312 e. The van der Waals surface area contributed by atoms with Crippen LogP contribution in [0, 0.1) is 0 Å². The molecular formula is C13H25N3O2.